The lowest BCUT2D eigenvalue weighted by Gasteiger charge is -2.14. The molecule has 6 rings (SSSR count). The monoisotopic (exact) mass is 684 g/mol. The van der Waals surface area contributed by atoms with Gasteiger partial charge in [0.25, 0.3) is 11.8 Å². The van der Waals surface area contributed by atoms with Crippen molar-refractivity contribution in [3.63, 3.8) is 0 Å². The average molecular weight is 685 g/mol. The molecule has 3 aliphatic rings. The SMILES string of the molecule is C=Cc1c(C)c2cc3[nH]c(cc4nc(cc5nc(cc1[nH]2)C(C)=C5CCC(=O)NCCN1C(=O)C=CC1=O)C(CCC(=O)O)=C4C)c(C)c3C=C. The number of aromatic nitrogens is 4. The topological polar surface area (TPSA) is 161 Å². The number of hydrogen-bond acceptors (Lipinski definition) is 6. The fourth-order valence-electron chi connectivity index (χ4n) is 6.82. The fraction of sp³-hybridized carbons (Fsp3) is 0.250. The molecule has 260 valence electrons. The molecule has 0 unspecified atom stereocenters. The summed E-state index contributed by atoms with van der Waals surface area (Å²) in [6, 6.07) is 7.91. The van der Waals surface area contributed by atoms with Crippen LogP contribution in [0.15, 0.2) is 49.6 Å². The number of allylic oxidation sites excluding steroid dienone is 4. The number of amides is 3. The van der Waals surface area contributed by atoms with E-state index in [1.165, 1.54) is 12.2 Å². The molecule has 51 heavy (non-hydrogen) atoms. The summed E-state index contributed by atoms with van der Waals surface area (Å²) in [5.74, 6) is -1.92. The van der Waals surface area contributed by atoms with Crippen LogP contribution in [0.3, 0.4) is 0 Å². The van der Waals surface area contributed by atoms with Gasteiger partial charge < -0.3 is 20.4 Å². The van der Waals surface area contributed by atoms with Crippen LogP contribution in [0, 0.1) is 13.8 Å². The number of aliphatic carboxylic acids is 1. The number of imide groups is 1. The predicted molar refractivity (Wildman–Crippen MR) is 201 cm³/mol. The lowest BCUT2D eigenvalue weighted by molar-refractivity contribution is -0.138. The molecule has 11 heteroatoms. The third kappa shape index (κ3) is 6.74. The third-order valence-electron chi connectivity index (χ3n) is 9.79. The number of nitrogens with zero attached hydrogens (tertiary/aromatic N) is 3. The normalized spacial score (nSPS) is 14.2. The van der Waals surface area contributed by atoms with Gasteiger partial charge in [-0.3, -0.25) is 24.1 Å². The van der Waals surface area contributed by atoms with Crippen molar-refractivity contribution in [3.8, 4) is 0 Å². The number of aromatic amines is 2. The standard InChI is InChI=1S/C40H40N6O5/c1-7-25-21(3)29-17-30-24(6)28(10-14-40(50)51)36(44-30)20-35-27(9-11-37(47)41-15-16-46-38(48)12-13-39(46)49)23(5)32(45-35)19-34-26(8-2)22(4)31(43-34)18-33(25)42-29/h7-8,12-13,17-20,42-43H,1-2,9-11,14-16H2,3-6H3,(H,41,47)(H,50,51). The number of rotatable bonds is 11. The molecular weight excluding hydrogens is 644 g/mol. The summed E-state index contributed by atoms with van der Waals surface area (Å²) in [6.45, 7) is 16.4. The van der Waals surface area contributed by atoms with Crippen LogP contribution in [-0.4, -0.2) is 66.7 Å². The Labute approximate surface area is 295 Å². The molecule has 11 nitrogen and oxygen atoms in total. The molecule has 6 heterocycles. The van der Waals surface area contributed by atoms with E-state index in [1.807, 2.05) is 58.0 Å². The molecule has 0 aromatic carbocycles. The molecule has 0 atom stereocenters. The molecule has 3 aromatic heterocycles. The Kier molecular flexibility index (Phi) is 9.56. The number of fused-ring (bicyclic) bond motifs is 8. The highest BCUT2D eigenvalue weighted by Gasteiger charge is 2.24. The second kappa shape index (κ2) is 14.0. The van der Waals surface area contributed by atoms with Gasteiger partial charge in [-0.25, -0.2) is 9.97 Å². The first-order chi connectivity index (χ1) is 24.4. The van der Waals surface area contributed by atoms with Crippen molar-refractivity contribution in [2.45, 2.75) is 53.4 Å². The summed E-state index contributed by atoms with van der Waals surface area (Å²) < 4.78 is 0. The maximum atomic E-state index is 13.0. The predicted octanol–water partition coefficient (Wildman–Crippen LogP) is 6.77. The number of aryl methyl sites for hydroxylation is 2. The molecule has 3 aromatic rings. The molecule has 0 radical (unpaired) electrons. The van der Waals surface area contributed by atoms with Gasteiger partial charge in [-0.15, -0.1) is 0 Å². The minimum absolute atomic E-state index is 0.0586. The summed E-state index contributed by atoms with van der Waals surface area (Å²) in [4.78, 5) is 66.7. The minimum Gasteiger partial charge on any atom is -0.481 e. The molecule has 0 aliphatic carbocycles. The molecule has 3 amide bonds. The van der Waals surface area contributed by atoms with Crippen LogP contribution in [0.4, 0.5) is 0 Å². The van der Waals surface area contributed by atoms with Crippen LogP contribution < -0.4 is 5.32 Å². The Morgan fingerprint density at radius 3 is 1.76 bits per heavy atom. The van der Waals surface area contributed by atoms with Gasteiger partial charge >= 0.3 is 5.97 Å². The van der Waals surface area contributed by atoms with Crippen molar-refractivity contribution < 1.29 is 24.3 Å². The van der Waals surface area contributed by atoms with E-state index in [0.717, 1.165) is 71.5 Å². The third-order valence-corrected chi connectivity index (χ3v) is 9.79. The van der Waals surface area contributed by atoms with Crippen molar-refractivity contribution in [3.05, 3.63) is 94.6 Å². The van der Waals surface area contributed by atoms with Crippen LogP contribution in [0.5, 0.6) is 0 Å². The number of H-pyrrole nitrogens is 2. The van der Waals surface area contributed by atoms with Gasteiger partial charge in [0.05, 0.1) is 22.8 Å². The first kappa shape index (κ1) is 34.8. The van der Waals surface area contributed by atoms with E-state index in [2.05, 4.69) is 34.5 Å². The summed E-state index contributed by atoms with van der Waals surface area (Å²) in [7, 11) is 0. The zero-order valence-electron chi connectivity index (χ0n) is 29.2. The van der Waals surface area contributed by atoms with Crippen molar-refractivity contribution in [2.75, 3.05) is 13.1 Å². The lowest BCUT2D eigenvalue weighted by atomic mass is 9.98. The zero-order chi connectivity index (χ0) is 36.6. The Balaban J connectivity index is 1.48. The van der Waals surface area contributed by atoms with Crippen molar-refractivity contribution >= 4 is 80.2 Å². The van der Waals surface area contributed by atoms with Crippen LogP contribution in [-0.2, 0) is 19.2 Å². The highest BCUT2D eigenvalue weighted by atomic mass is 16.4. The maximum absolute atomic E-state index is 13.0. The quantitative estimate of drug-likeness (QED) is 0.162. The summed E-state index contributed by atoms with van der Waals surface area (Å²) in [6.07, 6.45) is 6.82. The van der Waals surface area contributed by atoms with E-state index in [4.69, 9.17) is 9.97 Å². The molecule has 0 fully saturated rings. The van der Waals surface area contributed by atoms with Crippen LogP contribution in [0.1, 0.15) is 84.6 Å². The number of hydrogen-bond donors (Lipinski definition) is 4. The van der Waals surface area contributed by atoms with Gasteiger partial charge in [0.2, 0.25) is 5.91 Å². The van der Waals surface area contributed by atoms with Crippen molar-refractivity contribution in [1.82, 2.24) is 30.2 Å². The van der Waals surface area contributed by atoms with Crippen LogP contribution >= 0.6 is 0 Å². The highest BCUT2D eigenvalue weighted by Crippen LogP contribution is 2.38. The van der Waals surface area contributed by atoms with Gasteiger partial charge in [-0.1, -0.05) is 25.3 Å². The Morgan fingerprint density at radius 2 is 1.24 bits per heavy atom. The average Bonchev–Trinajstić information content (AvgIpc) is 3.83. The molecular formula is C40H40N6O5. The van der Waals surface area contributed by atoms with Gasteiger partial charge in [-0.2, -0.15) is 0 Å². The smallest absolute Gasteiger partial charge is 0.303 e. The van der Waals surface area contributed by atoms with Crippen molar-refractivity contribution in [1.29, 1.82) is 0 Å². The summed E-state index contributed by atoms with van der Waals surface area (Å²) in [5, 5.41) is 12.4. The zero-order valence-corrected chi connectivity index (χ0v) is 29.2. The number of nitrogens with one attached hydrogen (secondary N) is 3. The van der Waals surface area contributed by atoms with E-state index in [-0.39, 0.29) is 38.3 Å². The Bertz CT molecular complexity index is 2300. The van der Waals surface area contributed by atoms with Crippen LogP contribution in [0.2, 0.25) is 0 Å². The van der Waals surface area contributed by atoms with Gasteiger partial charge in [-0.05, 0) is 98.2 Å². The minimum atomic E-state index is -0.902. The molecule has 4 N–H and O–H groups in total. The summed E-state index contributed by atoms with van der Waals surface area (Å²) >= 11 is 0. The number of carboxylic acid groups (broad SMARTS) is 1. The van der Waals surface area contributed by atoms with E-state index >= 15 is 0 Å². The summed E-state index contributed by atoms with van der Waals surface area (Å²) in [5.41, 5.74) is 13.6. The lowest BCUT2D eigenvalue weighted by Crippen LogP contribution is -2.38. The first-order valence-corrected chi connectivity index (χ1v) is 16.8. The molecule has 3 aliphatic heterocycles. The van der Waals surface area contributed by atoms with E-state index in [9.17, 15) is 24.3 Å². The number of carboxylic acids is 1. The molecule has 0 saturated carbocycles. The maximum Gasteiger partial charge on any atom is 0.303 e. The fourth-order valence-corrected chi connectivity index (χ4v) is 6.82. The largest absolute Gasteiger partial charge is 0.481 e. The number of carbonyl (C=O) groups excluding carboxylic acids is 3. The Hall–Kier alpha value is -6.10. The highest BCUT2D eigenvalue weighted by molar-refractivity contribution is 6.13. The van der Waals surface area contributed by atoms with E-state index < -0.39 is 17.8 Å². The van der Waals surface area contributed by atoms with Crippen molar-refractivity contribution in [2.24, 2.45) is 0 Å². The second-order valence-electron chi connectivity index (χ2n) is 12.8. The molecule has 0 saturated heterocycles. The first-order valence-electron chi connectivity index (χ1n) is 16.8. The molecule has 0 spiro atoms. The Morgan fingerprint density at radius 1 is 0.745 bits per heavy atom. The van der Waals surface area contributed by atoms with Gasteiger partial charge in [0, 0.05) is 71.3 Å². The van der Waals surface area contributed by atoms with E-state index in [0.29, 0.717) is 29.2 Å². The van der Waals surface area contributed by atoms with E-state index in [1.54, 1.807) is 0 Å². The number of carbonyl (C=O) groups is 4. The second-order valence-corrected chi connectivity index (χ2v) is 12.8. The molecule has 8 bridgehead atoms. The van der Waals surface area contributed by atoms with Gasteiger partial charge in [0.1, 0.15) is 0 Å². The van der Waals surface area contributed by atoms with Crippen LogP contribution in [0.25, 0.3) is 56.5 Å². The van der Waals surface area contributed by atoms with Gasteiger partial charge in [0.15, 0.2) is 0 Å².